The van der Waals surface area contributed by atoms with Gasteiger partial charge in [-0.3, -0.25) is 4.99 Å². The maximum absolute atomic E-state index is 5.03. The minimum Gasteiger partial charge on any atom is -0.501 e. The molecule has 72 valence electrons. The molecule has 0 bridgehead atoms. The maximum Gasteiger partial charge on any atom is 0.0846 e. The van der Waals surface area contributed by atoms with Crippen molar-refractivity contribution in [3.8, 4) is 0 Å². The molecule has 0 radical (unpaired) electrons. The van der Waals surface area contributed by atoms with E-state index in [2.05, 4.69) is 18.2 Å². The summed E-state index contributed by atoms with van der Waals surface area (Å²) < 4.78 is 5.03. The Kier molecular flexibility index (Phi) is 5.60. The van der Waals surface area contributed by atoms with Crippen LogP contribution in [-0.2, 0) is 4.74 Å². The van der Waals surface area contributed by atoms with Crippen molar-refractivity contribution in [2.75, 3.05) is 6.61 Å². The fourth-order valence-electron chi connectivity index (χ4n) is 0.588. The normalized spacial score (nSPS) is 11.8. The predicted molar refractivity (Wildman–Crippen MR) is 57.8 cm³/mol. The number of aliphatic imine (C=N–C) groups is 1. The largest absolute Gasteiger partial charge is 0.501 e. The smallest absolute Gasteiger partial charge is 0.0846 e. The molecule has 0 amide bonds. The molecule has 0 saturated heterocycles. The fourth-order valence-corrected chi connectivity index (χ4v) is 0.588. The maximum atomic E-state index is 5.03. The van der Waals surface area contributed by atoms with Gasteiger partial charge in [-0.15, -0.1) is 0 Å². The third-order valence-corrected chi connectivity index (χ3v) is 1.38. The zero-order valence-electron chi connectivity index (χ0n) is 8.63. The summed E-state index contributed by atoms with van der Waals surface area (Å²) in [5.41, 5.74) is 2.45. The monoisotopic (exact) mass is 179 g/mol. The predicted octanol–water partition coefficient (Wildman–Crippen LogP) is 3.09. The molecule has 0 fully saturated rings. The van der Waals surface area contributed by atoms with Gasteiger partial charge in [0.05, 0.1) is 18.6 Å². The van der Waals surface area contributed by atoms with E-state index in [9.17, 15) is 0 Å². The second kappa shape index (κ2) is 6.23. The summed E-state index contributed by atoms with van der Waals surface area (Å²) in [7, 11) is 0. The van der Waals surface area contributed by atoms with Crippen LogP contribution in [-0.4, -0.2) is 12.3 Å². The van der Waals surface area contributed by atoms with Gasteiger partial charge >= 0.3 is 0 Å². The lowest BCUT2D eigenvalue weighted by molar-refractivity contribution is 0.269. The first-order valence-corrected chi connectivity index (χ1v) is 4.26. The lowest BCUT2D eigenvalue weighted by Gasteiger charge is -1.98. The molecule has 0 heterocycles. The van der Waals surface area contributed by atoms with E-state index in [-0.39, 0.29) is 0 Å². The Labute approximate surface area is 80.3 Å². The first kappa shape index (κ1) is 11.7. The Morgan fingerprint density at radius 2 is 2.00 bits per heavy atom. The number of allylic oxidation sites excluding steroid dienone is 2. The van der Waals surface area contributed by atoms with E-state index in [0.29, 0.717) is 12.3 Å². The van der Waals surface area contributed by atoms with Crippen LogP contribution in [0.1, 0.15) is 20.8 Å². The summed E-state index contributed by atoms with van der Waals surface area (Å²) in [6.07, 6.45) is 3.43. The molecule has 0 aromatic heterocycles. The first-order valence-electron chi connectivity index (χ1n) is 4.26. The Morgan fingerprint density at radius 3 is 2.46 bits per heavy atom. The van der Waals surface area contributed by atoms with Crippen LogP contribution < -0.4 is 0 Å². The van der Waals surface area contributed by atoms with Crippen LogP contribution >= 0.6 is 0 Å². The highest BCUT2D eigenvalue weighted by atomic mass is 16.5. The topological polar surface area (TPSA) is 21.6 Å². The average Bonchev–Trinajstić information content (AvgIpc) is 2.04. The molecule has 0 aliphatic heterocycles. The Morgan fingerprint density at radius 1 is 1.38 bits per heavy atom. The minimum atomic E-state index is 0.672. The van der Waals surface area contributed by atoms with E-state index < -0.39 is 0 Å². The molecule has 2 nitrogen and oxygen atoms in total. The van der Waals surface area contributed by atoms with Crippen molar-refractivity contribution in [1.29, 1.82) is 0 Å². The zero-order chi connectivity index (χ0) is 10.3. The van der Waals surface area contributed by atoms with Crippen LogP contribution in [0.5, 0.6) is 0 Å². The summed E-state index contributed by atoms with van der Waals surface area (Å²) in [5, 5.41) is 0. The highest BCUT2D eigenvalue weighted by Gasteiger charge is 1.90. The van der Waals surface area contributed by atoms with E-state index in [1.807, 2.05) is 20.8 Å². The SMILES string of the molecule is C=C(C)C(=C)N=C(C)/C=C/OCC. The molecule has 13 heavy (non-hydrogen) atoms. The second-order valence-corrected chi connectivity index (χ2v) is 2.74. The van der Waals surface area contributed by atoms with E-state index in [1.165, 1.54) is 0 Å². The van der Waals surface area contributed by atoms with Crippen LogP contribution in [0.25, 0.3) is 0 Å². The summed E-state index contributed by atoms with van der Waals surface area (Å²) in [6.45, 7) is 13.9. The molecule has 0 aliphatic carbocycles. The standard InChI is InChI=1S/C11H17NO/c1-6-13-8-7-10(4)12-11(5)9(2)3/h7-8H,2,5-6H2,1,3-4H3/b8-7+,12-10?. The fraction of sp³-hybridized carbons (Fsp3) is 0.364. The highest BCUT2D eigenvalue weighted by molar-refractivity contribution is 5.93. The zero-order valence-corrected chi connectivity index (χ0v) is 8.63. The molecule has 0 rings (SSSR count). The first-order chi connectivity index (χ1) is 6.07. The lowest BCUT2D eigenvalue weighted by Crippen LogP contribution is -1.88. The van der Waals surface area contributed by atoms with Crippen LogP contribution in [0.4, 0.5) is 0 Å². The third kappa shape index (κ3) is 5.91. The van der Waals surface area contributed by atoms with Gasteiger partial charge in [-0.25, -0.2) is 0 Å². The summed E-state index contributed by atoms with van der Waals surface area (Å²) in [4.78, 5) is 4.20. The van der Waals surface area contributed by atoms with Gasteiger partial charge in [-0.05, 0) is 32.4 Å². The summed E-state index contributed by atoms with van der Waals surface area (Å²) in [5.74, 6) is 0. The molecule has 0 unspecified atom stereocenters. The van der Waals surface area contributed by atoms with Gasteiger partial charge in [0.1, 0.15) is 0 Å². The van der Waals surface area contributed by atoms with Crippen molar-refractivity contribution >= 4 is 5.71 Å². The summed E-state index contributed by atoms with van der Waals surface area (Å²) in [6, 6.07) is 0. The van der Waals surface area contributed by atoms with Crippen LogP contribution in [0, 0.1) is 0 Å². The van der Waals surface area contributed by atoms with Crippen molar-refractivity contribution in [2.24, 2.45) is 4.99 Å². The van der Waals surface area contributed by atoms with Gasteiger partial charge < -0.3 is 4.74 Å². The van der Waals surface area contributed by atoms with Crippen molar-refractivity contribution < 1.29 is 4.74 Å². The Balaban J connectivity index is 4.16. The quantitative estimate of drug-likeness (QED) is 0.361. The van der Waals surface area contributed by atoms with E-state index in [1.54, 1.807) is 12.3 Å². The molecule has 0 aliphatic rings. The Bertz CT molecular complexity index is 249. The number of nitrogens with zero attached hydrogens (tertiary/aromatic N) is 1. The highest BCUT2D eigenvalue weighted by Crippen LogP contribution is 2.05. The number of hydrogen-bond acceptors (Lipinski definition) is 2. The van der Waals surface area contributed by atoms with E-state index in [0.717, 1.165) is 11.3 Å². The van der Waals surface area contributed by atoms with Gasteiger partial charge in [0.25, 0.3) is 0 Å². The van der Waals surface area contributed by atoms with Gasteiger partial charge in [0.15, 0.2) is 0 Å². The number of rotatable bonds is 5. The van der Waals surface area contributed by atoms with Gasteiger partial charge in [0.2, 0.25) is 0 Å². The molecule has 0 aromatic rings. The Hall–Kier alpha value is -1.31. The van der Waals surface area contributed by atoms with Crippen LogP contribution in [0.3, 0.4) is 0 Å². The van der Waals surface area contributed by atoms with E-state index >= 15 is 0 Å². The number of ether oxygens (including phenoxy) is 1. The van der Waals surface area contributed by atoms with Gasteiger partial charge in [0, 0.05) is 5.71 Å². The van der Waals surface area contributed by atoms with Crippen molar-refractivity contribution in [3.63, 3.8) is 0 Å². The van der Waals surface area contributed by atoms with Crippen molar-refractivity contribution in [3.05, 3.63) is 36.8 Å². The number of hydrogen-bond donors (Lipinski definition) is 0. The molecule has 0 N–H and O–H groups in total. The van der Waals surface area contributed by atoms with Gasteiger partial charge in [-0.1, -0.05) is 13.2 Å². The molecular formula is C11H17NO. The second-order valence-electron chi connectivity index (χ2n) is 2.74. The molecule has 0 atom stereocenters. The molecular weight excluding hydrogens is 162 g/mol. The molecule has 2 heteroatoms. The van der Waals surface area contributed by atoms with E-state index in [4.69, 9.17) is 4.74 Å². The van der Waals surface area contributed by atoms with Gasteiger partial charge in [-0.2, -0.15) is 0 Å². The van der Waals surface area contributed by atoms with Crippen LogP contribution in [0.2, 0.25) is 0 Å². The summed E-state index contributed by atoms with van der Waals surface area (Å²) >= 11 is 0. The van der Waals surface area contributed by atoms with Crippen molar-refractivity contribution in [2.45, 2.75) is 20.8 Å². The molecule has 0 spiro atoms. The minimum absolute atomic E-state index is 0.672. The van der Waals surface area contributed by atoms with Crippen LogP contribution in [0.15, 0.2) is 41.8 Å². The third-order valence-electron chi connectivity index (χ3n) is 1.38. The molecule has 0 saturated carbocycles. The van der Waals surface area contributed by atoms with Crippen molar-refractivity contribution in [1.82, 2.24) is 0 Å². The lowest BCUT2D eigenvalue weighted by atomic mass is 10.3. The molecule has 0 aromatic carbocycles. The average molecular weight is 179 g/mol.